The highest BCUT2D eigenvalue weighted by molar-refractivity contribution is 6.32. The SMILES string of the molecule is C[C@@H]1CC2CN1c1nc(OCC34CCCN3CCC4)nc3c(F)c(ncc13)-c1cc(O)cc(Cl)c1C1CC1CCOC(=O)N2. The van der Waals surface area contributed by atoms with Gasteiger partial charge >= 0.3 is 12.1 Å². The number of hydrogen-bond acceptors (Lipinski definition) is 9. The molecule has 3 saturated heterocycles. The Morgan fingerprint density at radius 1 is 1.23 bits per heavy atom. The van der Waals surface area contributed by atoms with Gasteiger partial charge in [0.05, 0.1) is 23.6 Å². The number of anilines is 1. The van der Waals surface area contributed by atoms with E-state index in [1.54, 1.807) is 6.20 Å². The number of nitrogens with zero attached hydrogens (tertiary/aromatic N) is 5. The van der Waals surface area contributed by atoms with Crippen LogP contribution in [0.2, 0.25) is 5.02 Å². The van der Waals surface area contributed by atoms with Gasteiger partial charge in [0, 0.05) is 29.4 Å². The minimum absolute atomic E-state index is 0.00433. The molecule has 0 radical (unpaired) electrons. The Kier molecular flexibility index (Phi) is 6.75. The molecule has 6 bridgehead atoms. The molecule has 3 aromatic rings. The van der Waals surface area contributed by atoms with Crippen molar-refractivity contribution < 1.29 is 23.8 Å². The Balaban J connectivity index is 1.27. The van der Waals surface area contributed by atoms with Crippen LogP contribution in [0, 0.1) is 11.7 Å². The average Bonchev–Trinajstić information content (AvgIpc) is 3.26. The molecule has 44 heavy (non-hydrogen) atoms. The first-order valence-electron chi connectivity index (χ1n) is 15.8. The average molecular weight is 623 g/mol. The summed E-state index contributed by atoms with van der Waals surface area (Å²) >= 11 is 6.69. The van der Waals surface area contributed by atoms with E-state index in [2.05, 4.69) is 32.0 Å². The number of fused-ring (bicyclic) bond motifs is 6. The molecule has 2 aromatic heterocycles. The highest BCUT2D eigenvalue weighted by Crippen LogP contribution is 2.55. The first-order chi connectivity index (χ1) is 21.3. The second kappa shape index (κ2) is 10.6. The molecule has 7 heterocycles. The maximum atomic E-state index is 16.8. The van der Waals surface area contributed by atoms with Crippen LogP contribution in [-0.4, -0.2) is 81.5 Å². The van der Waals surface area contributed by atoms with Gasteiger partial charge in [-0.05, 0) is 94.5 Å². The highest BCUT2D eigenvalue weighted by Gasteiger charge is 2.45. The number of benzene rings is 1. The van der Waals surface area contributed by atoms with E-state index in [-0.39, 0.29) is 59.0 Å². The summed E-state index contributed by atoms with van der Waals surface area (Å²) < 4.78 is 28.7. The molecular formula is C32H36ClFN6O4. The van der Waals surface area contributed by atoms with Crippen molar-refractivity contribution in [2.75, 3.05) is 37.7 Å². The maximum Gasteiger partial charge on any atom is 0.407 e. The topological polar surface area (TPSA) is 113 Å². The number of pyridine rings is 1. The first kappa shape index (κ1) is 28.1. The molecule has 12 heteroatoms. The van der Waals surface area contributed by atoms with Crippen molar-refractivity contribution in [1.29, 1.82) is 0 Å². The maximum absolute atomic E-state index is 16.8. The summed E-state index contributed by atoms with van der Waals surface area (Å²) in [6.45, 7) is 5.37. The van der Waals surface area contributed by atoms with Gasteiger partial charge in [-0.1, -0.05) is 11.6 Å². The number of aromatic nitrogens is 3. The number of rotatable bonds is 3. The molecule has 4 atom stereocenters. The van der Waals surface area contributed by atoms with Crippen molar-refractivity contribution in [3.8, 4) is 23.0 Å². The summed E-state index contributed by atoms with van der Waals surface area (Å²) in [5, 5.41) is 14.3. The smallest absolute Gasteiger partial charge is 0.407 e. The Morgan fingerprint density at radius 3 is 2.86 bits per heavy atom. The van der Waals surface area contributed by atoms with E-state index in [0.717, 1.165) is 50.8 Å². The molecule has 232 valence electrons. The minimum atomic E-state index is -0.609. The number of halogens is 2. The summed E-state index contributed by atoms with van der Waals surface area (Å²) in [5.41, 5.74) is 1.32. The van der Waals surface area contributed by atoms with Gasteiger partial charge in [0.25, 0.3) is 0 Å². The van der Waals surface area contributed by atoms with Gasteiger partial charge in [-0.3, -0.25) is 9.88 Å². The van der Waals surface area contributed by atoms with Gasteiger partial charge in [0.1, 0.15) is 29.4 Å². The predicted octanol–water partition coefficient (Wildman–Crippen LogP) is 5.40. The molecule has 6 aliphatic rings. The van der Waals surface area contributed by atoms with Crippen molar-refractivity contribution >= 4 is 34.4 Å². The fourth-order valence-corrected chi connectivity index (χ4v) is 8.55. The summed E-state index contributed by atoms with van der Waals surface area (Å²) in [7, 11) is 0. The van der Waals surface area contributed by atoms with Crippen LogP contribution in [0.5, 0.6) is 11.8 Å². The van der Waals surface area contributed by atoms with Crippen LogP contribution in [-0.2, 0) is 4.74 Å². The number of phenols is 1. The molecule has 3 unspecified atom stereocenters. The second-order valence-corrected chi connectivity index (χ2v) is 13.6. The molecule has 1 amide bonds. The molecule has 0 spiro atoms. The Bertz CT molecular complexity index is 1650. The predicted molar refractivity (Wildman–Crippen MR) is 163 cm³/mol. The lowest BCUT2D eigenvalue weighted by Gasteiger charge is -2.31. The monoisotopic (exact) mass is 622 g/mol. The van der Waals surface area contributed by atoms with Crippen molar-refractivity contribution in [2.24, 2.45) is 5.92 Å². The molecule has 5 aliphatic heterocycles. The molecule has 10 nitrogen and oxygen atoms in total. The van der Waals surface area contributed by atoms with E-state index < -0.39 is 11.9 Å². The van der Waals surface area contributed by atoms with Crippen LogP contribution in [0.25, 0.3) is 22.2 Å². The van der Waals surface area contributed by atoms with E-state index >= 15 is 4.39 Å². The van der Waals surface area contributed by atoms with Gasteiger partial charge in [0.15, 0.2) is 5.82 Å². The fourth-order valence-electron chi connectivity index (χ4n) is 8.19. The van der Waals surface area contributed by atoms with Gasteiger partial charge in [-0.25, -0.2) is 9.18 Å². The number of hydrogen-bond donors (Lipinski definition) is 2. The van der Waals surface area contributed by atoms with Crippen LogP contribution in [0.1, 0.15) is 63.4 Å². The van der Waals surface area contributed by atoms with E-state index in [1.165, 1.54) is 12.1 Å². The normalized spacial score (nSPS) is 27.5. The summed E-state index contributed by atoms with van der Waals surface area (Å²) in [6, 6.07) is 2.95. The highest BCUT2D eigenvalue weighted by atomic mass is 35.5. The zero-order chi connectivity index (χ0) is 30.2. The standard InChI is InChI=1S/C32H36ClFN6O4/c1-17-10-19-15-40(17)29-23-14-35-27(22-12-20(41)13-24(33)25(22)21-11-18(21)4-9-43-31(42)36-19)26(34)28(23)37-30(38-29)44-16-32-5-2-7-39(32)8-3-6-32/h12-14,17-19,21,41H,2-11,15-16H2,1H3,(H,36,42)/t17-,18?,19?,21?/m1/s1. The molecule has 4 fully saturated rings. The number of amides is 1. The number of phenolic OH excluding ortho intramolecular Hbond substituents is 1. The molecule has 1 aromatic carbocycles. The fraction of sp³-hybridized carbons (Fsp3) is 0.562. The Hall–Kier alpha value is -3.44. The zero-order valence-electron chi connectivity index (χ0n) is 24.7. The van der Waals surface area contributed by atoms with E-state index in [9.17, 15) is 9.90 Å². The summed E-state index contributed by atoms with van der Waals surface area (Å²) in [5.74, 6) is 0.0755. The largest absolute Gasteiger partial charge is 0.508 e. The summed E-state index contributed by atoms with van der Waals surface area (Å²) in [6.07, 6.45) is 7.70. The van der Waals surface area contributed by atoms with Gasteiger partial charge < -0.3 is 24.8 Å². The van der Waals surface area contributed by atoms with E-state index in [0.29, 0.717) is 47.8 Å². The molecule has 9 rings (SSSR count). The number of ether oxygens (including phenoxy) is 2. The lowest BCUT2D eigenvalue weighted by molar-refractivity contribution is 0.108. The number of carbonyl (C=O) groups excluding carboxylic acids is 1. The van der Waals surface area contributed by atoms with E-state index in [1.807, 2.05) is 0 Å². The van der Waals surface area contributed by atoms with Crippen molar-refractivity contribution in [3.05, 3.63) is 34.7 Å². The van der Waals surface area contributed by atoms with Gasteiger partial charge in [-0.2, -0.15) is 9.97 Å². The number of alkyl carbamates (subject to hydrolysis) is 1. The van der Waals surface area contributed by atoms with Crippen molar-refractivity contribution in [1.82, 2.24) is 25.2 Å². The lowest BCUT2D eigenvalue weighted by atomic mass is 9.95. The van der Waals surface area contributed by atoms with Gasteiger partial charge in [-0.15, -0.1) is 0 Å². The molecule has 2 N–H and O–H groups in total. The van der Waals surface area contributed by atoms with Crippen LogP contribution in [0.15, 0.2) is 18.3 Å². The third kappa shape index (κ3) is 4.70. The van der Waals surface area contributed by atoms with Crippen LogP contribution < -0.4 is 15.0 Å². The van der Waals surface area contributed by atoms with Crippen LogP contribution >= 0.6 is 11.6 Å². The first-order valence-corrected chi connectivity index (χ1v) is 16.1. The van der Waals surface area contributed by atoms with Crippen LogP contribution in [0.4, 0.5) is 15.0 Å². The lowest BCUT2D eigenvalue weighted by Crippen LogP contribution is -2.43. The summed E-state index contributed by atoms with van der Waals surface area (Å²) in [4.78, 5) is 31.4. The van der Waals surface area contributed by atoms with Crippen LogP contribution in [0.3, 0.4) is 0 Å². The third-order valence-electron chi connectivity index (χ3n) is 10.5. The zero-order valence-corrected chi connectivity index (χ0v) is 25.4. The van der Waals surface area contributed by atoms with E-state index in [4.69, 9.17) is 26.1 Å². The number of aromatic hydroxyl groups is 1. The minimum Gasteiger partial charge on any atom is -0.508 e. The van der Waals surface area contributed by atoms with Gasteiger partial charge in [0.2, 0.25) is 0 Å². The Morgan fingerprint density at radius 2 is 2.05 bits per heavy atom. The third-order valence-corrected chi connectivity index (χ3v) is 10.8. The Labute approximate surface area is 259 Å². The molecule has 1 aliphatic carbocycles. The number of nitrogens with one attached hydrogen (secondary N) is 1. The molecule has 1 saturated carbocycles. The van der Waals surface area contributed by atoms with Crippen molar-refractivity contribution in [3.63, 3.8) is 0 Å². The second-order valence-electron chi connectivity index (χ2n) is 13.2. The molecular weight excluding hydrogens is 587 g/mol. The quantitative estimate of drug-likeness (QED) is 0.397. The number of carbonyl (C=O) groups is 1. The van der Waals surface area contributed by atoms with Crippen molar-refractivity contribution in [2.45, 2.75) is 75.4 Å².